The molecule has 0 unspecified atom stereocenters. The van der Waals surface area contributed by atoms with Crippen LogP contribution in [0.15, 0.2) is 67.3 Å². The van der Waals surface area contributed by atoms with E-state index in [0.29, 0.717) is 0 Å². The predicted octanol–water partition coefficient (Wildman–Crippen LogP) is 5.46. The molecule has 0 aliphatic rings. The Balaban J connectivity index is 2.36. The number of nitrogens with zero attached hydrogens (tertiary/aromatic N) is 1. The third-order valence-corrected chi connectivity index (χ3v) is 3.95. The van der Waals surface area contributed by atoms with Crippen LogP contribution in [0.4, 0.5) is 5.69 Å². The minimum atomic E-state index is 1.03. The van der Waals surface area contributed by atoms with Gasteiger partial charge in [0.2, 0.25) is 0 Å². The maximum absolute atomic E-state index is 3.86. The summed E-state index contributed by atoms with van der Waals surface area (Å²) in [6, 6.07) is 17.4. The molecule has 0 fully saturated rings. The summed E-state index contributed by atoms with van der Waals surface area (Å²) in [6.07, 6.45) is 3.94. The van der Waals surface area contributed by atoms with Gasteiger partial charge >= 0.3 is 0 Å². The van der Waals surface area contributed by atoms with Crippen LogP contribution in [-0.4, -0.2) is 13.1 Å². The van der Waals surface area contributed by atoms with E-state index in [-0.39, 0.29) is 0 Å². The highest BCUT2D eigenvalue weighted by Gasteiger charge is 2.06. The molecule has 0 bridgehead atoms. The van der Waals surface area contributed by atoms with Gasteiger partial charge in [-0.15, -0.1) is 0 Å². The van der Waals surface area contributed by atoms with Crippen molar-refractivity contribution in [3.63, 3.8) is 0 Å². The highest BCUT2D eigenvalue weighted by atomic mass is 15.1. The Kier molecular flexibility index (Phi) is 5.60. The normalized spacial score (nSPS) is 11.3. The summed E-state index contributed by atoms with van der Waals surface area (Å²) in [5.74, 6) is 0. The monoisotopic (exact) mass is 291 g/mol. The molecular formula is C21H25N. The molecule has 22 heavy (non-hydrogen) atoms. The second kappa shape index (κ2) is 7.65. The lowest BCUT2D eigenvalue weighted by atomic mass is 9.96. The Morgan fingerprint density at radius 1 is 0.909 bits per heavy atom. The maximum Gasteiger partial charge on any atom is 0.0366 e. The van der Waals surface area contributed by atoms with E-state index in [1.54, 1.807) is 0 Å². The second-order valence-electron chi connectivity index (χ2n) is 5.40. The van der Waals surface area contributed by atoms with Gasteiger partial charge in [-0.25, -0.2) is 0 Å². The summed E-state index contributed by atoms with van der Waals surface area (Å²) in [7, 11) is 0. The minimum Gasteiger partial charge on any atom is -0.372 e. The molecule has 2 aromatic carbocycles. The fourth-order valence-electron chi connectivity index (χ4n) is 2.65. The van der Waals surface area contributed by atoms with Crippen molar-refractivity contribution >= 4 is 11.3 Å². The van der Waals surface area contributed by atoms with Crippen LogP contribution < -0.4 is 4.90 Å². The number of aryl methyl sites for hydroxylation is 1. The van der Waals surface area contributed by atoms with E-state index in [0.717, 1.165) is 13.1 Å². The highest BCUT2D eigenvalue weighted by Crippen LogP contribution is 2.26. The van der Waals surface area contributed by atoms with Gasteiger partial charge in [-0.3, -0.25) is 0 Å². The lowest BCUT2D eigenvalue weighted by Gasteiger charge is -2.21. The molecule has 1 nitrogen and oxygen atoms in total. The summed E-state index contributed by atoms with van der Waals surface area (Å²) in [4.78, 5) is 2.35. The number of benzene rings is 2. The van der Waals surface area contributed by atoms with Crippen molar-refractivity contribution < 1.29 is 0 Å². The fourth-order valence-corrected chi connectivity index (χ4v) is 2.65. The molecule has 0 amide bonds. The first-order valence-corrected chi connectivity index (χ1v) is 7.94. The maximum atomic E-state index is 3.86. The Morgan fingerprint density at radius 2 is 1.41 bits per heavy atom. The molecule has 0 N–H and O–H groups in total. The molecule has 2 rings (SSSR count). The molecule has 1 heteroatoms. The van der Waals surface area contributed by atoms with Gasteiger partial charge in [0.15, 0.2) is 0 Å². The van der Waals surface area contributed by atoms with Gasteiger partial charge in [-0.1, -0.05) is 60.7 Å². The first kappa shape index (κ1) is 16.1. The molecule has 114 valence electrons. The predicted molar refractivity (Wildman–Crippen MR) is 98.5 cm³/mol. The molecular weight excluding hydrogens is 266 g/mol. The Hall–Kier alpha value is -2.28. The van der Waals surface area contributed by atoms with Gasteiger partial charge in [-0.05, 0) is 49.6 Å². The first-order chi connectivity index (χ1) is 10.7. The van der Waals surface area contributed by atoms with Crippen LogP contribution in [0.25, 0.3) is 5.57 Å². The second-order valence-corrected chi connectivity index (χ2v) is 5.40. The standard InChI is InChI=1S/C21H25N/c1-5-8-21(18-11-9-17(4)10-12-18)19-13-15-20(16-14-19)22(6-2)7-3/h5,8-16H,1,6-7H2,2-4H3. The lowest BCUT2D eigenvalue weighted by molar-refractivity contribution is 0.866. The number of hydrogen-bond donors (Lipinski definition) is 0. The molecule has 0 aliphatic carbocycles. The third-order valence-electron chi connectivity index (χ3n) is 3.95. The Morgan fingerprint density at radius 3 is 1.86 bits per heavy atom. The summed E-state index contributed by atoms with van der Waals surface area (Å²) in [5, 5.41) is 0. The SMILES string of the molecule is C=CC=C(c1ccc(C)cc1)c1ccc(N(CC)CC)cc1. The number of hydrogen-bond acceptors (Lipinski definition) is 1. The average molecular weight is 291 g/mol. The molecule has 0 spiro atoms. The average Bonchev–Trinajstić information content (AvgIpc) is 2.56. The van der Waals surface area contributed by atoms with Gasteiger partial charge in [0, 0.05) is 18.8 Å². The van der Waals surface area contributed by atoms with E-state index in [2.05, 4.69) is 86.9 Å². The van der Waals surface area contributed by atoms with E-state index < -0.39 is 0 Å². The van der Waals surface area contributed by atoms with Gasteiger partial charge in [0.1, 0.15) is 0 Å². The summed E-state index contributed by atoms with van der Waals surface area (Å²) < 4.78 is 0. The van der Waals surface area contributed by atoms with Crippen LogP contribution >= 0.6 is 0 Å². The zero-order valence-electron chi connectivity index (χ0n) is 13.8. The first-order valence-electron chi connectivity index (χ1n) is 7.94. The molecule has 0 aromatic heterocycles. The van der Waals surface area contributed by atoms with Crippen molar-refractivity contribution in [2.24, 2.45) is 0 Å². The van der Waals surface area contributed by atoms with Crippen LogP contribution in [-0.2, 0) is 0 Å². The van der Waals surface area contributed by atoms with Crippen LogP contribution in [0.3, 0.4) is 0 Å². The van der Waals surface area contributed by atoms with Gasteiger partial charge in [0.25, 0.3) is 0 Å². The number of anilines is 1. The zero-order valence-corrected chi connectivity index (χ0v) is 13.8. The smallest absolute Gasteiger partial charge is 0.0366 e. The molecule has 2 aromatic rings. The highest BCUT2D eigenvalue weighted by molar-refractivity contribution is 5.81. The van der Waals surface area contributed by atoms with E-state index in [4.69, 9.17) is 0 Å². The van der Waals surface area contributed by atoms with Crippen molar-refractivity contribution in [3.8, 4) is 0 Å². The quantitative estimate of drug-likeness (QED) is 0.639. The van der Waals surface area contributed by atoms with Gasteiger partial charge in [-0.2, -0.15) is 0 Å². The van der Waals surface area contributed by atoms with E-state index in [1.807, 2.05) is 6.08 Å². The molecule has 0 radical (unpaired) electrons. The van der Waals surface area contributed by atoms with Crippen LogP contribution in [0.1, 0.15) is 30.5 Å². The van der Waals surface area contributed by atoms with Crippen molar-refractivity contribution in [2.75, 3.05) is 18.0 Å². The molecule has 0 saturated carbocycles. The van der Waals surface area contributed by atoms with Gasteiger partial charge < -0.3 is 4.90 Å². The minimum absolute atomic E-state index is 1.03. The summed E-state index contributed by atoms with van der Waals surface area (Å²) >= 11 is 0. The van der Waals surface area contributed by atoms with E-state index >= 15 is 0 Å². The van der Waals surface area contributed by atoms with Crippen molar-refractivity contribution in [2.45, 2.75) is 20.8 Å². The van der Waals surface area contributed by atoms with E-state index in [1.165, 1.54) is 28.0 Å². The third kappa shape index (κ3) is 3.67. The van der Waals surface area contributed by atoms with Crippen LogP contribution in [0.5, 0.6) is 0 Å². The fraction of sp³-hybridized carbons (Fsp3) is 0.238. The van der Waals surface area contributed by atoms with Crippen molar-refractivity contribution in [1.29, 1.82) is 0 Å². The number of rotatable bonds is 6. The van der Waals surface area contributed by atoms with E-state index in [9.17, 15) is 0 Å². The van der Waals surface area contributed by atoms with Gasteiger partial charge in [0.05, 0.1) is 0 Å². The van der Waals surface area contributed by atoms with Crippen molar-refractivity contribution in [1.82, 2.24) is 0 Å². The topological polar surface area (TPSA) is 3.24 Å². The zero-order chi connectivity index (χ0) is 15.9. The summed E-state index contributed by atoms with van der Waals surface area (Å²) in [5.41, 5.74) is 6.20. The van der Waals surface area contributed by atoms with Crippen LogP contribution in [0.2, 0.25) is 0 Å². The lowest BCUT2D eigenvalue weighted by Crippen LogP contribution is -2.21. The Labute approximate surface area is 134 Å². The molecule has 0 saturated heterocycles. The molecule has 0 heterocycles. The summed E-state index contributed by atoms with van der Waals surface area (Å²) in [6.45, 7) is 12.4. The molecule has 0 aliphatic heterocycles. The van der Waals surface area contributed by atoms with Crippen molar-refractivity contribution in [3.05, 3.63) is 84.0 Å². The number of allylic oxidation sites excluding steroid dienone is 2. The molecule has 0 atom stereocenters. The Bertz CT molecular complexity index is 629. The largest absolute Gasteiger partial charge is 0.372 e. The van der Waals surface area contributed by atoms with Crippen LogP contribution in [0, 0.1) is 6.92 Å².